The molecule has 114 valence electrons. The lowest BCUT2D eigenvalue weighted by Crippen LogP contribution is -2.37. The van der Waals surface area contributed by atoms with E-state index in [1.165, 1.54) is 0 Å². The van der Waals surface area contributed by atoms with Gasteiger partial charge in [0, 0.05) is 31.5 Å². The van der Waals surface area contributed by atoms with Crippen LogP contribution in [-0.4, -0.2) is 37.2 Å². The minimum absolute atomic E-state index is 0.155. The first-order valence-electron chi connectivity index (χ1n) is 7.44. The highest BCUT2D eigenvalue weighted by Crippen LogP contribution is 2.21. The van der Waals surface area contributed by atoms with Crippen molar-refractivity contribution in [3.63, 3.8) is 0 Å². The molecule has 2 aromatic rings. The van der Waals surface area contributed by atoms with Crippen LogP contribution >= 0.6 is 0 Å². The molecule has 1 saturated heterocycles. The maximum absolute atomic E-state index is 12.1. The van der Waals surface area contributed by atoms with Crippen LogP contribution in [0.15, 0.2) is 48.7 Å². The monoisotopic (exact) mass is 297 g/mol. The average Bonchev–Trinajstić information content (AvgIpc) is 2.61. The van der Waals surface area contributed by atoms with Crippen molar-refractivity contribution in [2.45, 2.75) is 6.54 Å². The number of rotatable bonds is 4. The Morgan fingerprint density at radius 1 is 1.14 bits per heavy atom. The van der Waals surface area contributed by atoms with Crippen molar-refractivity contribution in [2.24, 2.45) is 0 Å². The van der Waals surface area contributed by atoms with Gasteiger partial charge in [-0.1, -0.05) is 24.3 Å². The lowest BCUT2D eigenvalue weighted by molar-refractivity contribution is 0.0945. The zero-order valence-electron chi connectivity index (χ0n) is 12.4. The number of nitrogens with zero attached hydrogens (tertiary/aromatic N) is 2. The number of carbonyl (C=O) groups is 1. The van der Waals surface area contributed by atoms with E-state index in [9.17, 15) is 4.79 Å². The molecule has 5 nitrogen and oxygen atoms in total. The van der Waals surface area contributed by atoms with E-state index in [-0.39, 0.29) is 5.91 Å². The van der Waals surface area contributed by atoms with E-state index in [0.29, 0.717) is 12.2 Å². The molecule has 1 amide bonds. The third-order valence-corrected chi connectivity index (χ3v) is 3.68. The molecule has 5 heteroatoms. The third kappa shape index (κ3) is 3.43. The third-order valence-electron chi connectivity index (χ3n) is 3.68. The zero-order valence-corrected chi connectivity index (χ0v) is 12.4. The van der Waals surface area contributed by atoms with Crippen LogP contribution in [0.2, 0.25) is 0 Å². The molecule has 2 heterocycles. The number of benzene rings is 1. The number of hydrogen-bond donors (Lipinski definition) is 1. The van der Waals surface area contributed by atoms with Gasteiger partial charge in [-0.3, -0.25) is 9.78 Å². The van der Waals surface area contributed by atoms with E-state index in [1.807, 2.05) is 24.3 Å². The van der Waals surface area contributed by atoms with E-state index in [2.05, 4.69) is 21.3 Å². The van der Waals surface area contributed by atoms with E-state index < -0.39 is 0 Å². The molecular formula is C17H19N3O2. The normalized spacial score (nSPS) is 14.6. The summed E-state index contributed by atoms with van der Waals surface area (Å²) in [6.45, 7) is 3.74. The van der Waals surface area contributed by atoms with Gasteiger partial charge in [0.15, 0.2) is 0 Å². The molecule has 3 rings (SSSR count). The molecule has 1 fully saturated rings. The van der Waals surface area contributed by atoms with E-state index in [4.69, 9.17) is 4.74 Å². The van der Waals surface area contributed by atoms with Gasteiger partial charge in [0.2, 0.25) is 0 Å². The molecule has 0 saturated carbocycles. The summed E-state index contributed by atoms with van der Waals surface area (Å²) < 4.78 is 5.40. The van der Waals surface area contributed by atoms with Gasteiger partial charge in [0.25, 0.3) is 5.91 Å². The summed E-state index contributed by atoms with van der Waals surface area (Å²) in [5.41, 5.74) is 2.70. The lowest BCUT2D eigenvalue weighted by Gasteiger charge is -2.30. The standard InChI is InChI=1S/C17H19N3O2/c21-17(15-6-3-4-8-18-15)19-13-14-5-1-2-7-16(14)20-9-11-22-12-10-20/h1-8H,9-13H2,(H,19,21). The van der Waals surface area contributed by atoms with Crippen LogP contribution in [-0.2, 0) is 11.3 Å². The fourth-order valence-electron chi connectivity index (χ4n) is 2.54. The number of anilines is 1. The van der Waals surface area contributed by atoms with Crippen molar-refractivity contribution < 1.29 is 9.53 Å². The van der Waals surface area contributed by atoms with Gasteiger partial charge in [-0.25, -0.2) is 0 Å². The Kier molecular flexibility index (Phi) is 4.65. The maximum Gasteiger partial charge on any atom is 0.270 e. The second-order valence-corrected chi connectivity index (χ2v) is 5.13. The SMILES string of the molecule is O=C(NCc1ccccc1N1CCOCC1)c1ccccn1. The Morgan fingerprint density at radius 3 is 2.68 bits per heavy atom. The summed E-state index contributed by atoms with van der Waals surface area (Å²) in [4.78, 5) is 18.5. The summed E-state index contributed by atoms with van der Waals surface area (Å²) in [5, 5.41) is 2.94. The smallest absolute Gasteiger partial charge is 0.270 e. The molecule has 0 atom stereocenters. The first-order chi connectivity index (χ1) is 10.8. The number of hydrogen-bond acceptors (Lipinski definition) is 4. The summed E-state index contributed by atoms with van der Waals surface area (Å²) >= 11 is 0. The Morgan fingerprint density at radius 2 is 1.91 bits per heavy atom. The second kappa shape index (κ2) is 7.04. The minimum atomic E-state index is -0.155. The number of amides is 1. The quantitative estimate of drug-likeness (QED) is 0.936. The molecule has 22 heavy (non-hydrogen) atoms. The maximum atomic E-state index is 12.1. The van der Waals surface area contributed by atoms with E-state index in [0.717, 1.165) is 37.6 Å². The van der Waals surface area contributed by atoms with Gasteiger partial charge in [-0.15, -0.1) is 0 Å². The van der Waals surface area contributed by atoms with Gasteiger partial charge in [-0.05, 0) is 23.8 Å². The molecule has 0 bridgehead atoms. The highest BCUT2D eigenvalue weighted by molar-refractivity contribution is 5.92. The van der Waals surface area contributed by atoms with Crippen molar-refractivity contribution in [1.82, 2.24) is 10.3 Å². The molecule has 0 aliphatic carbocycles. The van der Waals surface area contributed by atoms with Crippen molar-refractivity contribution in [1.29, 1.82) is 0 Å². The summed E-state index contributed by atoms with van der Waals surface area (Å²) in [6, 6.07) is 13.5. The number of carbonyl (C=O) groups excluding carboxylic acids is 1. The molecule has 0 unspecified atom stereocenters. The predicted octanol–water partition coefficient (Wildman–Crippen LogP) is 1.85. The number of nitrogens with one attached hydrogen (secondary N) is 1. The Labute approximate surface area is 129 Å². The zero-order chi connectivity index (χ0) is 15.2. The van der Waals surface area contributed by atoms with Gasteiger partial charge < -0.3 is 15.0 Å². The van der Waals surface area contributed by atoms with Crippen molar-refractivity contribution in [2.75, 3.05) is 31.2 Å². The summed E-state index contributed by atoms with van der Waals surface area (Å²) in [6.07, 6.45) is 1.62. The van der Waals surface area contributed by atoms with Gasteiger partial charge >= 0.3 is 0 Å². The molecule has 1 aliphatic heterocycles. The Bertz CT molecular complexity index is 625. The first kappa shape index (κ1) is 14.5. The minimum Gasteiger partial charge on any atom is -0.378 e. The largest absolute Gasteiger partial charge is 0.378 e. The average molecular weight is 297 g/mol. The predicted molar refractivity (Wildman–Crippen MR) is 84.9 cm³/mol. The van der Waals surface area contributed by atoms with E-state index >= 15 is 0 Å². The number of para-hydroxylation sites is 1. The topological polar surface area (TPSA) is 54.5 Å². The van der Waals surface area contributed by atoms with Crippen molar-refractivity contribution in [3.05, 3.63) is 59.9 Å². The second-order valence-electron chi connectivity index (χ2n) is 5.13. The summed E-state index contributed by atoms with van der Waals surface area (Å²) in [7, 11) is 0. The Balaban J connectivity index is 1.69. The highest BCUT2D eigenvalue weighted by atomic mass is 16.5. The summed E-state index contributed by atoms with van der Waals surface area (Å²) in [5.74, 6) is -0.155. The van der Waals surface area contributed by atoms with E-state index in [1.54, 1.807) is 18.3 Å². The van der Waals surface area contributed by atoms with Gasteiger partial charge in [0.1, 0.15) is 5.69 Å². The van der Waals surface area contributed by atoms with Crippen LogP contribution in [0.3, 0.4) is 0 Å². The number of morpholine rings is 1. The van der Waals surface area contributed by atoms with Crippen LogP contribution in [0.5, 0.6) is 0 Å². The molecule has 0 spiro atoms. The van der Waals surface area contributed by atoms with Gasteiger partial charge in [0.05, 0.1) is 13.2 Å². The fraction of sp³-hybridized carbons (Fsp3) is 0.294. The molecule has 0 radical (unpaired) electrons. The fourth-order valence-corrected chi connectivity index (χ4v) is 2.54. The molecule has 1 aliphatic rings. The van der Waals surface area contributed by atoms with Crippen LogP contribution in [0, 0.1) is 0 Å². The Hall–Kier alpha value is -2.40. The number of pyridine rings is 1. The van der Waals surface area contributed by atoms with Crippen LogP contribution in [0.25, 0.3) is 0 Å². The number of ether oxygens (including phenoxy) is 1. The lowest BCUT2D eigenvalue weighted by atomic mass is 10.1. The number of aromatic nitrogens is 1. The van der Waals surface area contributed by atoms with Crippen molar-refractivity contribution in [3.8, 4) is 0 Å². The highest BCUT2D eigenvalue weighted by Gasteiger charge is 2.15. The van der Waals surface area contributed by atoms with Gasteiger partial charge in [-0.2, -0.15) is 0 Å². The van der Waals surface area contributed by atoms with Crippen LogP contribution in [0.4, 0.5) is 5.69 Å². The van der Waals surface area contributed by atoms with Crippen LogP contribution < -0.4 is 10.2 Å². The first-order valence-corrected chi connectivity index (χ1v) is 7.44. The molecule has 1 N–H and O–H groups in total. The molecule has 1 aromatic carbocycles. The van der Waals surface area contributed by atoms with Crippen molar-refractivity contribution >= 4 is 11.6 Å². The molecule has 1 aromatic heterocycles. The molecular weight excluding hydrogens is 278 g/mol. The van der Waals surface area contributed by atoms with Crippen LogP contribution in [0.1, 0.15) is 16.1 Å².